The van der Waals surface area contributed by atoms with Crippen molar-refractivity contribution in [1.29, 1.82) is 0 Å². The van der Waals surface area contributed by atoms with E-state index in [9.17, 15) is 9.90 Å². The first kappa shape index (κ1) is 37.6. The maximum absolute atomic E-state index is 13.1. The SMILES string of the molecule is Cc1nc(NCCCN(C)C)c(-c2ccc3c(c2)CCN(c2ncnc4c2oc2ccccc24)C3)c(N2CCC(C)(C)CC2)c1[C@H](OC(C)(C)C)C(=O)O. The molecular formula is C43H55N7O4. The topological polar surface area (TPSA) is 120 Å². The molecule has 0 unspecified atom stereocenters. The Kier molecular flexibility index (Phi) is 10.3. The van der Waals surface area contributed by atoms with Gasteiger partial charge in [0.05, 0.1) is 11.3 Å². The second-order valence-electron chi connectivity index (χ2n) is 17.0. The number of ether oxygens (including phenoxy) is 1. The molecule has 2 N–H and O–H groups in total. The van der Waals surface area contributed by atoms with Crippen LogP contribution in [0, 0.1) is 12.3 Å². The van der Waals surface area contributed by atoms with Gasteiger partial charge in [0.2, 0.25) is 0 Å². The largest absolute Gasteiger partial charge is 0.479 e. The summed E-state index contributed by atoms with van der Waals surface area (Å²) in [4.78, 5) is 34.4. The summed E-state index contributed by atoms with van der Waals surface area (Å²) in [7, 11) is 4.16. The number of hydrogen-bond acceptors (Lipinski definition) is 10. The number of fused-ring (bicyclic) bond motifs is 4. The second kappa shape index (κ2) is 14.8. The molecule has 0 amide bonds. The van der Waals surface area contributed by atoms with Gasteiger partial charge >= 0.3 is 5.97 Å². The van der Waals surface area contributed by atoms with Crippen molar-refractivity contribution in [1.82, 2.24) is 19.9 Å². The highest BCUT2D eigenvalue weighted by molar-refractivity contribution is 6.05. The number of para-hydroxylation sites is 1. The number of anilines is 3. The Labute approximate surface area is 318 Å². The number of aromatic nitrogens is 3. The lowest BCUT2D eigenvalue weighted by molar-refractivity contribution is -0.160. The lowest BCUT2D eigenvalue weighted by atomic mass is 9.81. The maximum Gasteiger partial charge on any atom is 0.337 e. The van der Waals surface area contributed by atoms with E-state index in [-0.39, 0.29) is 5.41 Å². The quantitative estimate of drug-likeness (QED) is 0.128. The average Bonchev–Trinajstić information content (AvgIpc) is 3.50. The number of rotatable bonds is 11. The molecule has 5 heterocycles. The summed E-state index contributed by atoms with van der Waals surface area (Å²) in [5, 5.41) is 15.4. The van der Waals surface area contributed by atoms with Crippen LogP contribution in [0.5, 0.6) is 0 Å². The van der Waals surface area contributed by atoms with Gasteiger partial charge < -0.3 is 34.3 Å². The molecule has 54 heavy (non-hydrogen) atoms. The standard InChI is InChI=1S/C43H55N7O4/c1-27-33(37(41(51)52)54-42(2,3)4)36(49-22-17-43(5,6)18-23-49)34(39(47-27)44-19-11-20-48(7)8)29-14-15-30-25-50(21-16-28(30)24-29)40-38-35(45-26-46-40)31-12-9-10-13-32(31)53-38/h9-10,12-15,24,26,37H,11,16-23,25H2,1-8H3,(H,44,47)(H,51,52)/t37-/m0/s1. The van der Waals surface area contributed by atoms with Crippen molar-refractivity contribution >= 4 is 45.4 Å². The van der Waals surface area contributed by atoms with Crippen molar-refractivity contribution in [2.45, 2.75) is 85.5 Å². The zero-order chi connectivity index (χ0) is 38.4. The number of aryl methyl sites for hydroxylation is 1. The summed E-state index contributed by atoms with van der Waals surface area (Å²) in [6.07, 6.45) is 4.19. The summed E-state index contributed by atoms with van der Waals surface area (Å²) in [5.74, 6) is 0.566. The van der Waals surface area contributed by atoms with E-state index in [1.54, 1.807) is 6.33 Å². The first-order valence-electron chi connectivity index (χ1n) is 19.3. The minimum absolute atomic E-state index is 0.204. The third kappa shape index (κ3) is 7.75. The number of carbonyl (C=O) groups is 1. The fourth-order valence-corrected chi connectivity index (χ4v) is 7.90. The van der Waals surface area contributed by atoms with Crippen molar-refractivity contribution < 1.29 is 19.1 Å². The molecule has 2 aromatic carbocycles. The average molecular weight is 734 g/mol. The molecule has 1 atom stereocenters. The lowest BCUT2D eigenvalue weighted by Gasteiger charge is -2.41. The minimum atomic E-state index is -1.18. The lowest BCUT2D eigenvalue weighted by Crippen LogP contribution is -2.39. The molecule has 0 spiro atoms. The van der Waals surface area contributed by atoms with E-state index in [2.05, 4.69) is 71.1 Å². The third-order valence-corrected chi connectivity index (χ3v) is 10.8. The van der Waals surface area contributed by atoms with Crippen LogP contribution in [0.2, 0.25) is 0 Å². The third-order valence-electron chi connectivity index (χ3n) is 10.8. The van der Waals surface area contributed by atoms with Crippen molar-refractivity contribution in [3.05, 3.63) is 71.2 Å². The fraction of sp³-hybridized carbons (Fsp3) is 0.488. The van der Waals surface area contributed by atoms with Crippen LogP contribution in [0.3, 0.4) is 0 Å². The van der Waals surface area contributed by atoms with E-state index in [1.165, 1.54) is 11.1 Å². The van der Waals surface area contributed by atoms with Gasteiger partial charge in [0.25, 0.3) is 0 Å². The highest BCUT2D eigenvalue weighted by Crippen LogP contribution is 2.47. The molecule has 0 saturated carbocycles. The number of furan rings is 1. The van der Waals surface area contributed by atoms with Crippen LogP contribution < -0.4 is 15.1 Å². The summed E-state index contributed by atoms with van der Waals surface area (Å²) >= 11 is 0. The zero-order valence-corrected chi connectivity index (χ0v) is 33.1. The molecule has 286 valence electrons. The molecule has 3 aromatic heterocycles. The van der Waals surface area contributed by atoms with Crippen LogP contribution >= 0.6 is 0 Å². The number of nitrogens with zero attached hydrogens (tertiary/aromatic N) is 6. The highest BCUT2D eigenvalue weighted by Gasteiger charge is 2.37. The molecule has 2 aliphatic rings. The van der Waals surface area contributed by atoms with Crippen LogP contribution in [0.1, 0.15) is 82.4 Å². The molecular weight excluding hydrogens is 679 g/mol. The molecule has 11 nitrogen and oxygen atoms in total. The van der Waals surface area contributed by atoms with E-state index < -0.39 is 17.7 Å². The Bertz CT molecular complexity index is 2160. The first-order valence-corrected chi connectivity index (χ1v) is 19.3. The van der Waals surface area contributed by atoms with Gasteiger partial charge in [0.1, 0.15) is 23.2 Å². The number of piperidine rings is 1. The molecule has 7 rings (SSSR count). The van der Waals surface area contributed by atoms with Gasteiger partial charge in [0, 0.05) is 54.9 Å². The van der Waals surface area contributed by atoms with E-state index in [0.717, 1.165) is 103 Å². The predicted octanol–water partition coefficient (Wildman–Crippen LogP) is 8.24. The monoisotopic (exact) mass is 733 g/mol. The van der Waals surface area contributed by atoms with Crippen molar-refractivity contribution in [2.24, 2.45) is 5.41 Å². The van der Waals surface area contributed by atoms with E-state index in [4.69, 9.17) is 19.1 Å². The van der Waals surface area contributed by atoms with Crippen molar-refractivity contribution in [3.63, 3.8) is 0 Å². The van der Waals surface area contributed by atoms with E-state index >= 15 is 0 Å². The molecule has 2 aliphatic heterocycles. The van der Waals surface area contributed by atoms with Gasteiger partial charge in [-0.25, -0.2) is 19.7 Å². The summed E-state index contributed by atoms with van der Waals surface area (Å²) < 4.78 is 12.7. The van der Waals surface area contributed by atoms with Crippen LogP contribution in [0.4, 0.5) is 17.3 Å². The Morgan fingerprint density at radius 2 is 1.81 bits per heavy atom. The Balaban J connectivity index is 1.33. The Morgan fingerprint density at radius 3 is 2.54 bits per heavy atom. The molecule has 1 saturated heterocycles. The van der Waals surface area contributed by atoms with Crippen molar-refractivity contribution in [3.8, 4) is 11.1 Å². The number of aliphatic carboxylic acids is 1. The number of benzene rings is 2. The van der Waals surface area contributed by atoms with Crippen LogP contribution in [0.25, 0.3) is 33.2 Å². The molecule has 11 heteroatoms. The van der Waals surface area contributed by atoms with E-state index in [1.807, 2.05) is 52.0 Å². The fourth-order valence-electron chi connectivity index (χ4n) is 7.90. The highest BCUT2D eigenvalue weighted by atomic mass is 16.5. The molecule has 0 aliphatic carbocycles. The number of carboxylic acid groups (broad SMARTS) is 1. The summed E-state index contributed by atoms with van der Waals surface area (Å²) in [6.45, 7) is 17.0. The Morgan fingerprint density at radius 1 is 1.06 bits per heavy atom. The van der Waals surface area contributed by atoms with Gasteiger partial charge in [-0.3, -0.25) is 0 Å². The number of carboxylic acids is 1. The van der Waals surface area contributed by atoms with Crippen LogP contribution in [-0.2, 0) is 22.5 Å². The van der Waals surface area contributed by atoms with Crippen molar-refractivity contribution in [2.75, 3.05) is 61.9 Å². The van der Waals surface area contributed by atoms with Gasteiger partial charge in [-0.2, -0.15) is 0 Å². The van der Waals surface area contributed by atoms with Gasteiger partial charge in [-0.1, -0.05) is 44.2 Å². The molecule has 0 bridgehead atoms. The van der Waals surface area contributed by atoms with Gasteiger partial charge in [0.15, 0.2) is 17.5 Å². The smallest absolute Gasteiger partial charge is 0.337 e. The zero-order valence-electron chi connectivity index (χ0n) is 33.1. The summed E-state index contributed by atoms with van der Waals surface area (Å²) in [5.41, 5.74) is 8.51. The number of hydrogen-bond donors (Lipinski definition) is 2. The number of pyridine rings is 1. The molecule has 1 fully saturated rings. The number of nitrogens with one attached hydrogen (secondary N) is 1. The molecule has 5 aromatic rings. The first-order chi connectivity index (χ1) is 25.7. The maximum atomic E-state index is 13.1. The van der Waals surface area contributed by atoms with E-state index in [0.29, 0.717) is 23.4 Å². The van der Waals surface area contributed by atoms with Crippen LogP contribution in [0.15, 0.2) is 53.2 Å². The van der Waals surface area contributed by atoms with Gasteiger partial charge in [-0.05, 0) is 108 Å². The van der Waals surface area contributed by atoms with Gasteiger partial charge in [-0.15, -0.1) is 0 Å². The second-order valence-corrected chi connectivity index (χ2v) is 17.0. The van der Waals surface area contributed by atoms with Crippen LogP contribution in [-0.4, -0.2) is 83.3 Å². The summed E-state index contributed by atoms with van der Waals surface area (Å²) in [6, 6.07) is 14.7. The predicted molar refractivity (Wildman–Crippen MR) is 217 cm³/mol. The Hall–Kier alpha value is -4.74. The molecule has 0 radical (unpaired) electrons. The normalized spacial score (nSPS) is 16.6. The minimum Gasteiger partial charge on any atom is -0.479 e.